The lowest BCUT2D eigenvalue weighted by Gasteiger charge is -2.33. The normalized spacial score (nSPS) is 18.6. The van der Waals surface area contributed by atoms with Crippen LogP contribution in [0.25, 0.3) is 0 Å². The quantitative estimate of drug-likeness (QED) is 0.751. The van der Waals surface area contributed by atoms with Crippen molar-refractivity contribution in [2.45, 2.75) is 45.7 Å². The molecule has 2 aliphatic rings. The molecule has 0 bridgehead atoms. The molecule has 0 saturated carbocycles. The van der Waals surface area contributed by atoms with E-state index in [9.17, 15) is 9.59 Å². The molecule has 4 rings (SSSR count). The van der Waals surface area contributed by atoms with Gasteiger partial charge in [-0.2, -0.15) is 0 Å². The number of nitrogens with zero attached hydrogens (tertiary/aromatic N) is 2. The highest BCUT2D eigenvalue weighted by molar-refractivity contribution is 5.96. The van der Waals surface area contributed by atoms with Crippen LogP contribution in [-0.4, -0.2) is 41.6 Å². The highest BCUT2D eigenvalue weighted by Crippen LogP contribution is 2.23. The van der Waals surface area contributed by atoms with Crippen LogP contribution in [0.2, 0.25) is 0 Å². The van der Waals surface area contributed by atoms with Crippen LogP contribution in [0.1, 0.15) is 47.9 Å². The summed E-state index contributed by atoms with van der Waals surface area (Å²) >= 11 is 0. The molecule has 1 atom stereocenters. The number of ether oxygens (including phenoxy) is 3. The molecule has 30 heavy (non-hydrogen) atoms. The van der Waals surface area contributed by atoms with E-state index >= 15 is 0 Å². The van der Waals surface area contributed by atoms with Crippen LogP contribution in [-0.2, 0) is 22.7 Å². The second-order valence-corrected chi connectivity index (χ2v) is 7.37. The highest BCUT2D eigenvalue weighted by Gasteiger charge is 2.30. The number of rotatable bonds is 7. The number of hydrogen-bond donors (Lipinski definition) is 1. The van der Waals surface area contributed by atoms with Crippen LogP contribution in [0, 0.1) is 0 Å². The fraction of sp³-hybridized carbons (Fsp3) is 0.455. The van der Waals surface area contributed by atoms with E-state index in [0.717, 1.165) is 24.8 Å². The van der Waals surface area contributed by atoms with Crippen molar-refractivity contribution in [2.75, 3.05) is 25.2 Å². The summed E-state index contributed by atoms with van der Waals surface area (Å²) < 4.78 is 18.9. The van der Waals surface area contributed by atoms with Gasteiger partial charge in [-0.05, 0) is 31.7 Å². The Bertz CT molecular complexity index is 938. The van der Waals surface area contributed by atoms with Crippen LogP contribution in [0.15, 0.2) is 41.2 Å². The summed E-state index contributed by atoms with van der Waals surface area (Å²) in [5.41, 5.74) is 4.55. The van der Waals surface area contributed by atoms with Crippen molar-refractivity contribution >= 4 is 5.91 Å². The minimum absolute atomic E-state index is 0.0483. The Morgan fingerprint density at radius 3 is 2.73 bits per heavy atom. The smallest absolute Gasteiger partial charge is 0.277 e. The number of benzene rings is 1. The SMILES string of the molecule is CCN1CNn2c(COC3CCCCO3)cc(=O)c(OCc3ccccc3)c2C1=O. The Kier molecular flexibility index (Phi) is 6.35. The van der Waals surface area contributed by atoms with E-state index in [1.807, 2.05) is 37.3 Å². The van der Waals surface area contributed by atoms with E-state index in [1.54, 1.807) is 9.58 Å². The van der Waals surface area contributed by atoms with Crippen molar-refractivity contribution in [1.29, 1.82) is 0 Å². The second kappa shape index (κ2) is 9.32. The first-order chi connectivity index (χ1) is 14.7. The van der Waals surface area contributed by atoms with Crippen LogP contribution >= 0.6 is 0 Å². The highest BCUT2D eigenvalue weighted by atomic mass is 16.7. The predicted octanol–water partition coefficient (Wildman–Crippen LogP) is 2.45. The number of aromatic nitrogens is 1. The van der Waals surface area contributed by atoms with Gasteiger partial charge < -0.3 is 24.5 Å². The van der Waals surface area contributed by atoms with Crippen molar-refractivity contribution in [3.63, 3.8) is 0 Å². The Balaban J connectivity index is 1.63. The van der Waals surface area contributed by atoms with Gasteiger partial charge in [0.15, 0.2) is 17.7 Å². The third kappa shape index (κ3) is 4.34. The fourth-order valence-corrected chi connectivity index (χ4v) is 3.65. The van der Waals surface area contributed by atoms with Gasteiger partial charge >= 0.3 is 0 Å². The topological polar surface area (TPSA) is 82.0 Å². The fourth-order valence-electron chi connectivity index (χ4n) is 3.65. The summed E-state index contributed by atoms with van der Waals surface area (Å²) in [5, 5.41) is 0. The van der Waals surface area contributed by atoms with Gasteiger partial charge in [-0.15, -0.1) is 0 Å². The molecule has 160 valence electrons. The Hall–Kier alpha value is -2.84. The maximum Gasteiger partial charge on any atom is 0.277 e. The summed E-state index contributed by atoms with van der Waals surface area (Å²) in [5.74, 6) is -0.195. The van der Waals surface area contributed by atoms with Gasteiger partial charge in [-0.25, -0.2) is 0 Å². The standard InChI is InChI=1S/C22H27N3O5/c1-2-24-15-23-25-17(14-29-19-10-6-7-11-28-19)12-18(26)21(20(25)22(24)27)30-13-16-8-4-3-5-9-16/h3-5,8-9,12,19,23H,2,6-7,10-11,13-15H2,1H3. The molecule has 2 aromatic rings. The minimum atomic E-state index is -0.339. The minimum Gasteiger partial charge on any atom is -0.482 e. The first-order valence-corrected chi connectivity index (χ1v) is 10.4. The molecule has 2 aliphatic heterocycles. The van der Waals surface area contributed by atoms with Crippen molar-refractivity contribution in [2.24, 2.45) is 0 Å². The van der Waals surface area contributed by atoms with Crippen LogP contribution in [0.4, 0.5) is 0 Å². The molecule has 1 unspecified atom stereocenters. The lowest BCUT2D eigenvalue weighted by atomic mass is 10.2. The predicted molar refractivity (Wildman–Crippen MR) is 111 cm³/mol. The molecule has 8 nitrogen and oxygen atoms in total. The molecule has 1 aromatic heterocycles. The van der Waals surface area contributed by atoms with Gasteiger partial charge in [-0.3, -0.25) is 14.3 Å². The molecule has 0 aliphatic carbocycles. The number of fused-ring (bicyclic) bond motifs is 1. The summed E-state index contributed by atoms with van der Waals surface area (Å²) in [6, 6.07) is 11.0. The van der Waals surface area contributed by atoms with Gasteiger partial charge in [0, 0.05) is 19.2 Å². The molecule has 1 saturated heterocycles. The zero-order chi connectivity index (χ0) is 20.9. The Morgan fingerprint density at radius 2 is 2.00 bits per heavy atom. The Morgan fingerprint density at radius 1 is 1.17 bits per heavy atom. The molecule has 3 heterocycles. The van der Waals surface area contributed by atoms with Gasteiger partial charge in [-0.1, -0.05) is 30.3 Å². The van der Waals surface area contributed by atoms with Crippen molar-refractivity contribution in [1.82, 2.24) is 9.58 Å². The molecule has 1 amide bonds. The molecular weight excluding hydrogens is 386 g/mol. The van der Waals surface area contributed by atoms with Gasteiger partial charge in [0.2, 0.25) is 5.43 Å². The lowest BCUT2D eigenvalue weighted by Crippen LogP contribution is -2.47. The summed E-state index contributed by atoms with van der Waals surface area (Å²) in [6.07, 6.45) is 2.62. The number of pyridine rings is 1. The van der Waals surface area contributed by atoms with Gasteiger partial charge in [0.25, 0.3) is 5.91 Å². The largest absolute Gasteiger partial charge is 0.482 e. The molecule has 0 spiro atoms. The van der Waals surface area contributed by atoms with E-state index in [-0.39, 0.29) is 42.3 Å². The van der Waals surface area contributed by atoms with Crippen LogP contribution < -0.4 is 15.6 Å². The third-order valence-corrected chi connectivity index (χ3v) is 5.32. The second-order valence-electron chi connectivity index (χ2n) is 7.37. The van der Waals surface area contributed by atoms with Crippen molar-refractivity contribution < 1.29 is 19.0 Å². The number of amides is 1. The van der Waals surface area contributed by atoms with E-state index in [0.29, 0.717) is 25.5 Å². The molecule has 1 fully saturated rings. The molecule has 1 aromatic carbocycles. The number of carbonyl (C=O) groups is 1. The van der Waals surface area contributed by atoms with Gasteiger partial charge in [0.1, 0.15) is 13.3 Å². The maximum absolute atomic E-state index is 13.1. The lowest BCUT2D eigenvalue weighted by molar-refractivity contribution is -0.169. The van der Waals surface area contributed by atoms with Gasteiger partial charge in [0.05, 0.1) is 12.3 Å². The zero-order valence-corrected chi connectivity index (χ0v) is 17.1. The summed E-state index contributed by atoms with van der Waals surface area (Å²) in [6.45, 7) is 3.81. The molecule has 8 heteroatoms. The van der Waals surface area contributed by atoms with E-state index in [2.05, 4.69) is 5.43 Å². The first kappa shape index (κ1) is 20.4. The molecular formula is C22H27N3O5. The number of carbonyl (C=O) groups excluding carboxylic acids is 1. The maximum atomic E-state index is 13.1. The molecule has 1 N–H and O–H groups in total. The summed E-state index contributed by atoms with van der Waals surface area (Å²) in [4.78, 5) is 27.6. The summed E-state index contributed by atoms with van der Waals surface area (Å²) in [7, 11) is 0. The average Bonchev–Trinajstić information content (AvgIpc) is 2.79. The van der Waals surface area contributed by atoms with E-state index in [1.165, 1.54) is 6.07 Å². The Labute approximate surface area is 175 Å². The first-order valence-electron chi connectivity index (χ1n) is 10.4. The van der Waals surface area contributed by atoms with Crippen molar-refractivity contribution in [3.8, 4) is 5.75 Å². The average molecular weight is 413 g/mol. The van der Waals surface area contributed by atoms with Crippen molar-refractivity contribution in [3.05, 3.63) is 63.6 Å². The van der Waals surface area contributed by atoms with E-state index in [4.69, 9.17) is 14.2 Å². The number of nitrogens with one attached hydrogen (secondary N) is 1. The zero-order valence-electron chi connectivity index (χ0n) is 17.1. The van der Waals surface area contributed by atoms with Crippen LogP contribution in [0.3, 0.4) is 0 Å². The van der Waals surface area contributed by atoms with E-state index < -0.39 is 0 Å². The molecule has 0 radical (unpaired) electrons. The van der Waals surface area contributed by atoms with Crippen LogP contribution in [0.5, 0.6) is 5.75 Å². The third-order valence-electron chi connectivity index (χ3n) is 5.32. The number of hydrogen-bond acceptors (Lipinski definition) is 6. The monoisotopic (exact) mass is 413 g/mol.